The molecule has 0 unspecified atom stereocenters. The van der Waals surface area contributed by atoms with Crippen molar-refractivity contribution < 1.29 is 131 Å². The molecule has 3 aliphatic rings. The van der Waals surface area contributed by atoms with E-state index in [1.807, 2.05) is 0 Å². The number of nitrogens with zero attached hydrogens (tertiary/aromatic N) is 3. The van der Waals surface area contributed by atoms with Crippen molar-refractivity contribution in [1.29, 1.82) is 0 Å². The lowest BCUT2D eigenvalue weighted by molar-refractivity contribution is -0.145. The number of hydrogen-bond donors (Lipinski definition) is 22. The summed E-state index contributed by atoms with van der Waals surface area (Å²) in [6.07, 6.45) is -9.07. The number of primary amides is 4. The molecular formula is C75H115N19O27S. The predicted octanol–water partition coefficient (Wildman–Crippen LogP) is -9.10. The van der Waals surface area contributed by atoms with E-state index in [0.717, 1.165) is 14.7 Å². The molecule has 0 saturated carbocycles. The number of amides is 18. The third-order valence-electron chi connectivity index (χ3n) is 20.2. The van der Waals surface area contributed by atoms with Crippen LogP contribution in [0.2, 0.25) is 0 Å². The number of nitrogens with one attached hydrogen (secondary N) is 11. The van der Waals surface area contributed by atoms with Gasteiger partial charge in [-0.25, -0.2) is 4.79 Å². The number of nitrogens with two attached hydrogens (primary N) is 5. The molecule has 3 fully saturated rings. The highest BCUT2D eigenvalue weighted by atomic mass is 32.2. The van der Waals surface area contributed by atoms with E-state index in [4.69, 9.17) is 28.7 Å². The average molecular weight is 1750 g/mol. The Balaban J connectivity index is 1.55. The van der Waals surface area contributed by atoms with E-state index in [2.05, 4.69) is 58.5 Å². The first-order valence-electron chi connectivity index (χ1n) is 39.7. The third-order valence-corrected chi connectivity index (χ3v) is 20.8. The van der Waals surface area contributed by atoms with Gasteiger partial charge in [0.05, 0.1) is 25.2 Å². The first-order valence-corrected chi connectivity index (χ1v) is 41.1. The van der Waals surface area contributed by atoms with Crippen LogP contribution in [0, 0.1) is 5.92 Å². The zero-order valence-corrected chi connectivity index (χ0v) is 69.2. The molecule has 678 valence electrons. The average Bonchev–Trinajstić information content (AvgIpc) is 1.64. The van der Waals surface area contributed by atoms with Crippen molar-refractivity contribution >= 4 is 136 Å². The van der Waals surface area contributed by atoms with E-state index in [-0.39, 0.29) is 89.1 Å². The molecule has 0 bridgehead atoms. The Kier molecular flexibility index (Phi) is 42.5. The minimum Gasteiger partial charge on any atom is -0.481 e. The van der Waals surface area contributed by atoms with Crippen LogP contribution in [0.1, 0.15) is 155 Å². The number of carbonyl (C=O) groups excluding carboxylic acids is 18. The van der Waals surface area contributed by atoms with Crippen LogP contribution < -0.4 is 87.2 Å². The number of carboxylic acids is 3. The Morgan fingerprint density at radius 2 is 0.754 bits per heavy atom. The first kappa shape index (κ1) is 103. The van der Waals surface area contributed by atoms with Gasteiger partial charge in [0.15, 0.2) is 0 Å². The highest BCUT2D eigenvalue weighted by molar-refractivity contribution is 7.98. The van der Waals surface area contributed by atoms with E-state index >= 15 is 0 Å². The normalized spacial score (nSPS) is 18.4. The number of aliphatic carboxylic acids is 3. The van der Waals surface area contributed by atoms with E-state index in [0.29, 0.717) is 5.56 Å². The lowest BCUT2D eigenvalue weighted by Crippen LogP contribution is -2.62. The molecule has 3 saturated heterocycles. The molecule has 0 aromatic heterocycles. The highest BCUT2D eigenvalue weighted by Crippen LogP contribution is 2.25. The molecule has 18 amide bonds. The molecule has 3 heterocycles. The van der Waals surface area contributed by atoms with E-state index < -0.39 is 304 Å². The fourth-order valence-corrected chi connectivity index (χ4v) is 14.1. The summed E-state index contributed by atoms with van der Waals surface area (Å²) in [5.74, 6) is -24.1. The molecule has 0 radical (unpaired) electrons. The zero-order valence-electron chi connectivity index (χ0n) is 68.3. The molecule has 27 N–H and O–H groups in total. The van der Waals surface area contributed by atoms with Gasteiger partial charge in [-0.2, -0.15) is 11.8 Å². The number of hydrogen-bond acceptors (Lipinski definition) is 26. The van der Waals surface area contributed by atoms with Crippen molar-refractivity contribution in [3.05, 3.63) is 35.9 Å². The first-order chi connectivity index (χ1) is 57.4. The van der Waals surface area contributed by atoms with Gasteiger partial charge in [-0.1, -0.05) is 44.2 Å². The number of likely N-dealkylation sites (tertiary alicyclic amines) is 3. The number of rotatable bonds is 53. The Morgan fingerprint density at radius 1 is 0.410 bits per heavy atom. The fraction of sp³-hybridized carbons (Fsp3) is 0.640. The summed E-state index contributed by atoms with van der Waals surface area (Å²) in [7, 11) is 0. The van der Waals surface area contributed by atoms with E-state index in [9.17, 15) is 131 Å². The monoisotopic (exact) mass is 1750 g/mol. The van der Waals surface area contributed by atoms with Crippen LogP contribution in [0.3, 0.4) is 0 Å². The van der Waals surface area contributed by atoms with Gasteiger partial charge in [-0.05, 0) is 121 Å². The minimum absolute atomic E-state index is 0.0189. The number of thioether (sulfide) groups is 1. The SMILES string of the molecule is CSCC[C@H](NC(=O)[C@H](CCC(=O)O)NC(=O)[C@H](CC(=O)O)NC(=O)[C@H](CCC(N)=O)NC(=O)[C@H](CCC(N)=O)NC(=O)[C@@H]1CCCN1C(=O)[C@H](CCC(N)=O)NC(=O)[C@H](CCC(N)=O)NC(=O)[C@@H](N)[C@@H](C)O)C(=O)N1CCC[C@H]1C(=O)N[C@@H](CO)C(=O)N1CCC[C@H]1C(=O)N[C@H](C(=O)N[C@@H](Cc1ccccc1)C(=O)N[C@@H](CC(C)C)C(=O)O)[C@@H](C)O. The maximum Gasteiger partial charge on any atom is 0.326 e. The largest absolute Gasteiger partial charge is 0.481 e. The van der Waals surface area contributed by atoms with Gasteiger partial charge in [-0.15, -0.1) is 0 Å². The van der Waals surface area contributed by atoms with Crippen molar-refractivity contribution in [2.45, 2.75) is 259 Å². The lowest BCUT2D eigenvalue weighted by atomic mass is 10.0. The zero-order chi connectivity index (χ0) is 91.5. The Hall–Kier alpha value is -11.7. The van der Waals surface area contributed by atoms with Crippen molar-refractivity contribution in [2.75, 3.05) is 38.2 Å². The van der Waals surface area contributed by atoms with Crippen LogP contribution in [0.15, 0.2) is 30.3 Å². The predicted molar refractivity (Wildman–Crippen MR) is 427 cm³/mol. The van der Waals surface area contributed by atoms with Crippen LogP contribution in [0.4, 0.5) is 0 Å². The molecule has 122 heavy (non-hydrogen) atoms. The molecule has 4 rings (SSSR count). The fourth-order valence-electron chi connectivity index (χ4n) is 13.6. The summed E-state index contributed by atoms with van der Waals surface area (Å²) < 4.78 is 0. The second kappa shape index (κ2) is 50.5. The van der Waals surface area contributed by atoms with Gasteiger partial charge in [0.1, 0.15) is 90.6 Å². The van der Waals surface area contributed by atoms with Crippen molar-refractivity contribution in [3.63, 3.8) is 0 Å². The smallest absolute Gasteiger partial charge is 0.326 e. The van der Waals surface area contributed by atoms with Crippen LogP contribution in [0.25, 0.3) is 0 Å². The van der Waals surface area contributed by atoms with Crippen LogP contribution >= 0.6 is 11.8 Å². The molecule has 1 aromatic carbocycles. The van der Waals surface area contributed by atoms with Gasteiger partial charge in [0, 0.05) is 58.2 Å². The van der Waals surface area contributed by atoms with Crippen LogP contribution in [0.5, 0.6) is 0 Å². The summed E-state index contributed by atoms with van der Waals surface area (Å²) in [6.45, 7) is 4.32. The standard InChI is InChI=1S/C75H115N19O27S/c1-36(2)32-48(75(120)121)89-65(110)46(33-39-12-7-6-8-13-39)88-71(116)60(38(4)97)91-69(114)52-16-11-30-94(52)74(119)49(35-95)90-68(113)51-15-10-29-93(51)73(118)45(27-31-122-5)86-63(108)43(21-26-57(102)103)82-66(111)47(34-58(104)105)87-64(109)40(17-22-53(76)98)81-61(106)41(18-23-54(77)99)83-67(112)50-14-9-28-92(50)72(117)44(20-25-56(79)101)85-62(107)42(19-24-55(78)100)84-70(115)59(80)37(3)96/h6-8,12-13,36-38,40-52,59-60,95-97H,9-11,14-35,80H2,1-5H3,(H2,76,98)(H2,77,99)(H2,78,100)(H2,79,101)(H,81,106)(H,82,111)(H,83,112)(H,84,115)(H,85,107)(H,86,108)(H,87,109)(H,88,116)(H,89,110)(H,90,113)(H,91,114)(H,102,103)(H,104,105)(H,120,121)/t37-,38-,40+,41+,42+,43+,44+,45+,46+,47+,48+,49+,50+,51+,52+,59+,60+/m1/s1. The Morgan fingerprint density at radius 3 is 1.14 bits per heavy atom. The quantitative estimate of drug-likeness (QED) is 0.0288. The number of benzene rings is 1. The van der Waals surface area contributed by atoms with E-state index in [1.165, 1.54) is 25.6 Å². The van der Waals surface area contributed by atoms with Crippen molar-refractivity contribution in [3.8, 4) is 0 Å². The maximum absolute atomic E-state index is 14.7. The van der Waals surface area contributed by atoms with Gasteiger partial charge >= 0.3 is 17.9 Å². The van der Waals surface area contributed by atoms with Crippen molar-refractivity contribution in [1.82, 2.24) is 73.2 Å². The molecular weight excluding hydrogens is 1630 g/mol. The molecule has 3 aliphatic heterocycles. The highest BCUT2D eigenvalue weighted by Gasteiger charge is 2.46. The topological polar surface area (TPSA) is 752 Å². The van der Waals surface area contributed by atoms with Crippen molar-refractivity contribution in [2.24, 2.45) is 34.6 Å². The lowest BCUT2D eigenvalue weighted by Gasteiger charge is -2.32. The molecule has 0 spiro atoms. The summed E-state index contributed by atoms with van der Waals surface area (Å²) in [4.78, 5) is 286. The third kappa shape index (κ3) is 33.4. The summed E-state index contributed by atoms with van der Waals surface area (Å²) in [5, 5.41) is 87.1. The van der Waals surface area contributed by atoms with Gasteiger partial charge < -0.3 is 132 Å². The number of aliphatic hydroxyl groups excluding tert-OH is 3. The summed E-state index contributed by atoms with van der Waals surface area (Å²) in [5.41, 5.74) is 27.8. The van der Waals surface area contributed by atoms with Gasteiger partial charge in [0.2, 0.25) is 106 Å². The number of aliphatic hydroxyl groups is 3. The molecule has 46 nitrogen and oxygen atoms in total. The Labute approximate surface area is 705 Å². The van der Waals surface area contributed by atoms with Crippen LogP contribution in [-0.2, 0) is 107 Å². The second-order valence-corrected chi connectivity index (χ2v) is 31.3. The molecule has 47 heteroatoms. The van der Waals surface area contributed by atoms with E-state index in [1.54, 1.807) is 50.4 Å². The second-order valence-electron chi connectivity index (χ2n) is 30.3. The van der Waals surface area contributed by atoms with Crippen LogP contribution in [-0.4, -0.2) is 311 Å². The minimum atomic E-state index is -2.24. The maximum atomic E-state index is 14.7. The van der Waals surface area contributed by atoms with Gasteiger partial charge in [-0.3, -0.25) is 95.9 Å². The number of carbonyl (C=O) groups is 21. The summed E-state index contributed by atoms with van der Waals surface area (Å²) in [6, 6.07) is -16.7. The van der Waals surface area contributed by atoms with Gasteiger partial charge in [0.25, 0.3) is 0 Å². The molecule has 1 aromatic rings. The summed E-state index contributed by atoms with van der Waals surface area (Å²) >= 11 is 1.19. The number of carboxylic acid groups (broad SMARTS) is 3. The molecule has 0 aliphatic carbocycles. The Bertz CT molecular complexity index is 3930. The molecule has 17 atom stereocenters.